The molecule has 0 atom stereocenters. The van der Waals surface area contributed by atoms with E-state index in [1.807, 2.05) is 12.1 Å². The zero-order chi connectivity index (χ0) is 13.0. The highest BCUT2D eigenvalue weighted by Gasteiger charge is 2.27. The summed E-state index contributed by atoms with van der Waals surface area (Å²) < 4.78 is 35.1. The van der Waals surface area contributed by atoms with Gasteiger partial charge in [-0.25, -0.2) is 8.42 Å². The van der Waals surface area contributed by atoms with E-state index in [-0.39, 0.29) is 5.75 Å². The first-order chi connectivity index (χ1) is 8.62. The number of rotatable bonds is 5. The minimum Gasteiger partial charge on any atom is -0.497 e. The molecule has 0 bridgehead atoms. The molecule has 0 radical (unpaired) electrons. The first-order valence-corrected chi connectivity index (χ1v) is 7.47. The van der Waals surface area contributed by atoms with Crippen molar-refractivity contribution in [2.24, 2.45) is 0 Å². The van der Waals surface area contributed by atoms with E-state index in [1.165, 1.54) is 4.31 Å². The van der Waals surface area contributed by atoms with Gasteiger partial charge >= 0.3 is 0 Å². The second kappa shape index (κ2) is 5.58. The summed E-state index contributed by atoms with van der Waals surface area (Å²) in [6.45, 7) is 1.38. The van der Waals surface area contributed by atoms with Crippen LogP contribution in [-0.4, -0.2) is 45.3 Å². The summed E-state index contributed by atoms with van der Waals surface area (Å²) in [5.74, 6) is 1.74. The Morgan fingerprint density at radius 3 is 2.44 bits per heavy atom. The minimum atomic E-state index is -3.02. The summed E-state index contributed by atoms with van der Waals surface area (Å²) in [7, 11) is -1.41. The zero-order valence-corrected chi connectivity index (χ0v) is 11.1. The topological polar surface area (TPSA) is 55.8 Å². The molecule has 100 valence electrons. The molecular weight excluding hydrogens is 254 g/mol. The predicted octanol–water partition coefficient (Wildman–Crippen LogP) is 1.11. The van der Waals surface area contributed by atoms with Gasteiger partial charge in [-0.05, 0) is 30.7 Å². The molecule has 0 aliphatic carbocycles. The van der Waals surface area contributed by atoms with Crippen LogP contribution in [0.3, 0.4) is 0 Å². The maximum atomic E-state index is 11.5. The molecule has 0 saturated carbocycles. The fraction of sp³-hybridized carbons (Fsp3) is 0.500. The van der Waals surface area contributed by atoms with Crippen LogP contribution in [-0.2, 0) is 10.0 Å². The van der Waals surface area contributed by atoms with E-state index in [1.54, 1.807) is 19.2 Å². The normalized spacial score (nSPS) is 18.7. The summed E-state index contributed by atoms with van der Waals surface area (Å²) in [6.07, 6.45) is 0.713. The van der Waals surface area contributed by atoms with Gasteiger partial charge in [0.25, 0.3) is 0 Å². The van der Waals surface area contributed by atoms with E-state index >= 15 is 0 Å². The predicted molar refractivity (Wildman–Crippen MR) is 68.5 cm³/mol. The van der Waals surface area contributed by atoms with Gasteiger partial charge in [-0.15, -0.1) is 0 Å². The Balaban J connectivity index is 1.81. The van der Waals surface area contributed by atoms with Crippen LogP contribution in [0, 0.1) is 0 Å². The van der Waals surface area contributed by atoms with Crippen molar-refractivity contribution in [3.63, 3.8) is 0 Å². The van der Waals surface area contributed by atoms with Gasteiger partial charge < -0.3 is 9.47 Å². The Hall–Kier alpha value is -1.27. The average Bonchev–Trinajstić information content (AvgIpc) is 2.70. The molecule has 1 aliphatic heterocycles. The van der Waals surface area contributed by atoms with Crippen molar-refractivity contribution in [1.29, 1.82) is 0 Å². The lowest BCUT2D eigenvalue weighted by molar-refractivity contribution is 0.279. The van der Waals surface area contributed by atoms with Gasteiger partial charge in [-0.3, -0.25) is 0 Å². The van der Waals surface area contributed by atoms with Crippen LogP contribution in [0.25, 0.3) is 0 Å². The molecule has 0 unspecified atom stereocenters. The molecule has 5 nitrogen and oxygen atoms in total. The van der Waals surface area contributed by atoms with Crippen LogP contribution in [0.5, 0.6) is 11.5 Å². The van der Waals surface area contributed by atoms with E-state index in [9.17, 15) is 8.42 Å². The van der Waals surface area contributed by atoms with Crippen molar-refractivity contribution in [2.75, 3.05) is 32.6 Å². The van der Waals surface area contributed by atoms with Crippen molar-refractivity contribution in [2.45, 2.75) is 6.42 Å². The monoisotopic (exact) mass is 271 g/mol. The fourth-order valence-corrected chi connectivity index (χ4v) is 3.39. The average molecular weight is 271 g/mol. The molecular formula is C12H17NO4S. The Morgan fingerprint density at radius 1 is 1.22 bits per heavy atom. The molecule has 0 amide bonds. The first-order valence-electron chi connectivity index (χ1n) is 5.86. The van der Waals surface area contributed by atoms with E-state index in [4.69, 9.17) is 9.47 Å². The Labute approximate surface area is 107 Å². The van der Waals surface area contributed by atoms with Crippen LogP contribution in [0.4, 0.5) is 0 Å². The van der Waals surface area contributed by atoms with Crippen LogP contribution < -0.4 is 9.47 Å². The van der Waals surface area contributed by atoms with Crippen molar-refractivity contribution < 1.29 is 17.9 Å². The van der Waals surface area contributed by atoms with Crippen LogP contribution in [0.15, 0.2) is 24.3 Å². The lowest BCUT2D eigenvalue weighted by Gasteiger charge is -2.14. The highest BCUT2D eigenvalue weighted by molar-refractivity contribution is 7.89. The third-order valence-electron chi connectivity index (χ3n) is 2.87. The highest BCUT2D eigenvalue weighted by atomic mass is 32.2. The molecule has 1 fully saturated rings. The third kappa shape index (κ3) is 3.14. The minimum absolute atomic E-state index is 0.259. The molecule has 18 heavy (non-hydrogen) atoms. The van der Waals surface area contributed by atoms with Gasteiger partial charge in [-0.1, -0.05) is 0 Å². The number of nitrogens with zero attached hydrogens (tertiary/aromatic N) is 1. The summed E-state index contributed by atoms with van der Waals surface area (Å²) in [6, 6.07) is 7.22. The van der Waals surface area contributed by atoms with Crippen molar-refractivity contribution >= 4 is 10.0 Å². The van der Waals surface area contributed by atoms with Crippen LogP contribution >= 0.6 is 0 Å². The largest absolute Gasteiger partial charge is 0.497 e. The molecule has 6 heteroatoms. The van der Waals surface area contributed by atoms with Crippen molar-refractivity contribution in [3.8, 4) is 11.5 Å². The molecule has 0 N–H and O–H groups in total. The lowest BCUT2D eigenvalue weighted by Crippen LogP contribution is -2.30. The van der Waals surface area contributed by atoms with Crippen LogP contribution in [0.2, 0.25) is 0 Å². The summed E-state index contributed by atoms with van der Waals surface area (Å²) >= 11 is 0. The standard InChI is InChI=1S/C12H17NO4S/c1-16-11-3-5-12(6-4-11)17-9-8-13-7-2-10-18(13,14)15/h3-6H,2,7-10H2,1H3. The molecule has 1 aromatic rings. The van der Waals surface area contributed by atoms with Gasteiger partial charge in [0.15, 0.2) is 0 Å². The number of benzene rings is 1. The van der Waals surface area contributed by atoms with Crippen molar-refractivity contribution in [1.82, 2.24) is 4.31 Å². The summed E-state index contributed by atoms with van der Waals surface area (Å²) in [4.78, 5) is 0. The number of ether oxygens (including phenoxy) is 2. The number of hydrogen-bond acceptors (Lipinski definition) is 4. The molecule has 2 rings (SSSR count). The fourth-order valence-electron chi connectivity index (χ4n) is 1.88. The second-order valence-electron chi connectivity index (χ2n) is 4.09. The molecule has 0 aromatic heterocycles. The smallest absolute Gasteiger partial charge is 0.214 e. The number of methoxy groups -OCH3 is 1. The number of hydrogen-bond donors (Lipinski definition) is 0. The summed E-state index contributed by atoms with van der Waals surface area (Å²) in [5.41, 5.74) is 0. The van der Waals surface area contributed by atoms with E-state index in [0.29, 0.717) is 31.9 Å². The number of sulfonamides is 1. The zero-order valence-electron chi connectivity index (χ0n) is 10.3. The van der Waals surface area contributed by atoms with E-state index in [0.717, 1.165) is 5.75 Å². The Kier molecular flexibility index (Phi) is 4.08. The lowest BCUT2D eigenvalue weighted by atomic mass is 10.3. The van der Waals surface area contributed by atoms with E-state index < -0.39 is 10.0 Å². The van der Waals surface area contributed by atoms with Gasteiger partial charge in [0.05, 0.1) is 12.9 Å². The maximum Gasteiger partial charge on any atom is 0.214 e. The Morgan fingerprint density at radius 2 is 1.89 bits per heavy atom. The first kappa shape index (κ1) is 13.2. The molecule has 1 aliphatic rings. The Bertz CT molecular complexity index is 483. The second-order valence-corrected chi connectivity index (χ2v) is 6.18. The SMILES string of the molecule is COc1ccc(OCCN2CCCS2(=O)=O)cc1. The third-order valence-corrected chi connectivity index (χ3v) is 4.83. The van der Waals surface area contributed by atoms with Gasteiger partial charge in [0.1, 0.15) is 18.1 Å². The van der Waals surface area contributed by atoms with Gasteiger partial charge in [0, 0.05) is 13.1 Å². The van der Waals surface area contributed by atoms with Gasteiger partial charge in [0.2, 0.25) is 10.0 Å². The van der Waals surface area contributed by atoms with Crippen LogP contribution in [0.1, 0.15) is 6.42 Å². The van der Waals surface area contributed by atoms with E-state index in [2.05, 4.69) is 0 Å². The maximum absolute atomic E-state index is 11.5. The van der Waals surface area contributed by atoms with Gasteiger partial charge in [-0.2, -0.15) is 4.31 Å². The molecule has 0 spiro atoms. The molecule has 1 heterocycles. The summed E-state index contributed by atoms with van der Waals surface area (Å²) in [5, 5.41) is 0. The quantitative estimate of drug-likeness (QED) is 0.805. The van der Waals surface area contributed by atoms with Crippen molar-refractivity contribution in [3.05, 3.63) is 24.3 Å². The molecule has 1 aromatic carbocycles. The molecule has 1 saturated heterocycles. The highest BCUT2D eigenvalue weighted by Crippen LogP contribution is 2.17.